The number of rotatable bonds is 11. The molecule has 0 N–H and O–H groups in total. The first-order valence-electron chi connectivity index (χ1n) is 7.98. The molecule has 1 unspecified atom stereocenters. The molecule has 6 heteroatoms. The molecule has 1 aromatic heterocycles. The highest BCUT2D eigenvalue weighted by Crippen LogP contribution is 2.25. The van der Waals surface area contributed by atoms with E-state index in [0.29, 0.717) is 25.9 Å². The number of carbonyl (C=O) groups excluding carboxylic acids is 2. The maximum Gasteiger partial charge on any atom is 0.319 e. The molecule has 0 radical (unpaired) electrons. The van der Waals surface area contributed by atoms with Crippen LogP contribution in [-0.4, -0.2) is 35.9 Å². The smallest absolute Gasteiger partial charge is 0.319 e. The molecule has 0 saturated carbocycles. The molecule has 23 heavy (non-hydrogen) atoms. The third-order valence-corrected chi connectivity index (χ3v) is 4.42. The van der Waals surface area contributed by atoms with Gasteiger partial charge in [0.25, 0.3) is 0 Å². The number of unbranched alkanes of at least 4 members (excludes halogenated alkanes) is 2. The number of carbonyl (C=O) groups is 2. The van der Waals surface area contributed by atoms with Crippen molar-refractivity contribution >= 4 is 23.7 Å². The SMILES string of the molecule is CCCCCOC(=O)CCCC(Sc1ccccn1)C(=O)OC. The first kappa shape index (κ1) is 19.5. The zero-order chi connectivity index (χ0) is 16.9. The Bertz CT molecular complexity index is 467. The standard InChI is InChI=1S/C17H25NO4S/c1-3-4-7-13-22-16(19)11-8-9-14(17(20)21-2)23-15-10-5-6-12-18-15/h5-6,10,12,14H,3-4,7-9,11,13H2,1-2H3. The molecule has 0 fully saturated rings. The molecule has 1 rings (SSSR count). The normalized spacial score (nSPS) is 11.7. The fraction of sp³-hybridized carbons (Fsp3) is 0.588. The number of nitrogens with zero attached hydrogens (tertiary/aromatic N) is 1. The Hall–Kier alpha value is -1.56. The molecule has 0 aliphatic heterocycles. The molecule has 128 valence electrons. The van der Waals surface area contributed by atoms with E-state index in [4.69, 9.17) is 9.47 Å². The number of pyridine rings is 1. The lowest BCUT2D eigenvalue weighted by molar-refractivity contribution is -0.144. The average molecular weight is 339 g/mol. The van der Waals surface area contributed by atoms with Gasteiger partial charge in [-0.15, -0.1) is 0 Å². The summed E-state index contributed by atoms with van der Waals surface area (Å²) in [5.74, 6) is -0.496. The van der Waals surface area contributed by atoms with Crippen LogP contribution < -0.4 is 0 Å². The lowest BCUT2D eigenvalue weighted by atomic mass is 10.2. The van der Waals surface area contributed by atoms with E-state index in [1.807, 2.05) is 18.2 Å². The summed E-state index contributed by atoms with van der Waals surface area (Å²) in [5, 5.41) is 0.410. The third kappa shape index (κ3) is 8.59. The topological polar surface area (TPSA) is 65.5 Å². The molecule has 0 saturated heterocycles. The lowest BCUT2D eigenvalue weighted by Crippen LogP contribution is -2.19. The van der Waals surface area contributed by atoms with Crippen LogP contribution >= 0.6 is 11.8 Å². The van der Waals surface area contributed by atoms with Gasteiger partial charge in [0, 0.05) is 12.6 Å². The molecule has 0 aliphatic carbocycles. The summed E-state index contributed by atoms with van der Waals surface area (Å²) in [7, 11) is 1.37. The van der Waals surface area contributed by atoms with Crippen molar-refractivity contribution in [2.75, 3.05) is 13.7 Å². The van der Waals surface area contributed by atoms with Crippen molar-refractivity contribution in [3.05, 3.63) is 24.4 Å². The molecule has 0 bridgehead atoms. The molecule has 0 amide bonds. The van der Waals surface area contributed by atoms with E-state index in [9.17, 15) is 9.59 Å². The number of hydrogen-bond acceptors (Lipinski definition) is 6. The van der Waals surface area contributed by atoms with Crippen molar-refractivity contribution < 1.29 is 19.1 Å². The van der Waals surface area contributed by atoms with Gasteiger partial charge in [-0.2, -0.15) is 0 Å². The van der Waals surface area contributed by atoms with Gasteiger partial charge in [-0.25, -0.2) is 4.98 Å². The van der Waals surface area contributed by atoms with Crippen LogP contribution in [0.5, 0.6) is 0 Å². The summed E-state index contributed by atoms with van der Waals surface area (Å²) in [4.78, 5) is 27.7. The molecule has 0 spiro atoms. The van der Waals surface area contributed by atoms with Crippen molar-refractivity contribution in [2.45, 2.75) is 55.7 Å². The predicted molar refractivity (Wildman–Crippen MR) is 90.2 cm³/mol. The number of hydrogen-bond donors (Lipinski definition) is 0. The first-order valence-corrected chi connectivity index (χ1v) is 8.86. The number of esters is 2. The van der Waals surface area contributed by atoms with Gasteiger partial charge < -0.3 is 9.47 Å². The second kappa shape index (κ2) is 11.9. The largest absolute Gasteiger partial charge is 0.468 e. The predicted octanol–water partition coefficient (Wildman–Crippen LogP) is 3.62. The van der Waals surface area contributed by atoms with Crippen LogP contribution in [0.3, 0.4) is 0 Å². The van der Waals surface area contributed by atoms with Gasteiger partial charge in [-0.3, -0.25) is 9.59 Å². The molecular weight excluding hydrogens is 314 g/mol. The van der Waals surface area contributed by atoms with Crippen LogP contribution in [0.1, 0.15) is 45.4 Å². The van der Waals surface area contributed by atoms with E-state index >= 15 is 0 Å². The quantitative estimate of drug-likeness (QED) is 0.348. The van der Waals surface area contributed by atoms with Crippen LogP contribution in [0.25, 0.3) is 0 Å². The van der Waals surface area contributed by atoms with Gasteiger partial charge in [0.2, 0.25) is 0 Å². The van der Waals surface area contributed by atoms with Gasteiger partial charge >= 0.3 is 11.9 Å². The second-order valence-corrected chi connectivity index (χ2v) is 6.34. The minimum Gasteiger partial charge on any atom is -0.468 e. The highest BCUT2D eigenvalue weighted by atomic mass is 32.2. The van der Waals surface area contributed by atoms with E-state index in [1.54, 1.807) is 6.20 Å². The fourth-order valence-electron chi connectivity index (χ4n) is 1.96. The Kier molecular flexibility index (Phi) is 10.1. The molecule has 5 nitrogen and oxygen atoms in total. The summed E-state index contributed by atoms with van der Waals surface area (Å²) in [6.45, 7) is 2.59. The van der Waals surface area contributed by atoms with Crippen LogP contribution in [0.2, 0.25) is 0 Å². The van der Waals surface area contributed by atoms with Gasteiger partial charge in [0.05, 0.1) is 18.7 Å². The Morgan fingerprint density at radius 2 is 2.09 bits per heavy atom. The van der Waals surface area contributed by atoms with E-state index in [1.165, 1.54) is 18.9 Å². The Labute approximate surface area is 142 Å². The van der Waals surface area contributed by atoms with Crippen LogP contribution in [-0.2, 0) is 19.1 Å². The summed E-state index contributed by atoms with van der Waals surface area (Å²) < 4.78 is 9.99. The van der Waals surface area contributed by atoms with Crippen LogP contribution in [0, 0.1) is 0 Å². The van der Waals surface area contributed by atoms with Crippen molar-refractivity contribution in [3.8, 4) is 0 Å². The molecule has 1 heterocycles. The maximum absolute atomic E-state index is 11.8. The van der Waals surface area contributed by atoms with Crippen molar-refractivity contribution in [2.24, 2.45) is 0 Å². The van der Waals surface area contributed by atoms with Crippen LogP contribution in [0.4, 0.5) is 0 Å². The summed E-state index contributed by atoms with van der Waals surface area (Å²) >= 11 is 1.36. The van der Waals surface area contributed by atoms with Crippen molar-refractivity contribution in [1.29, 1.82) is 0 Å². The minimum absolute atomic E-state index is 0.201. The summed E-state index contributed by atoms with van der Waals surface area (Å²) in [6.07, 6.45) is 6.22. The van der Waals surface area contributed by atoms with E-state index < -0.39 is 0 Å². The zero-order valence-electron chi connectivity index (χ0n) is 13.8. The summed E-state index contributed by atoms with van der Waals surface area (Å²) in [5.41, 5.74) is 0. The molecule has 0 aromatic carbocycles. The summed E-state index contributed by atoms with van der Waals surface area (Å²) in [6, 6.07) is 5.55. The Balaban J connectivity index is 2.34. The Morgan fingerprint density at radius 3 is 2.74 bits per heavy atom. The Morgan fingerprint density at radius 1 is 1.26 bits per heavy atom. The van der Waals surface area contributed by atoms with Crippen molar-refractivity contribution in [3.63, 3.8) is 0 Å². The van der Waals surface area contributed by atoms with Crippen molar-refractivity contribution in [1.82, 2.24) is 4.98 Å². The number of methoxy groups -OCH3 is 1. The first-order chi connectivity index (χ1) is 11.2. The van der Waals surface area contributed by atoms with Gasteiger partial charge in [0.1, 0.15) is 5.25 Å². The maximum atomic E-state index is 11.8. The van der Waals surface area contributed by atoms with Gasteiger partial charge in [-0.1, -0.05) is 37.6 Å². The van der Waals surface area contributed by atoms with Gasteiger partial charge in [-0.05, 0) is 31.4 Å². The number of aromatic nitrogens is 1. The van der Waals surface area contributed by atoms with Crippen LogP contribution in [0.15, 0.2) is 29.4 Å². The number of ether oxygens (including phenoxy) is 2. The van der Waals surface area contributed by atoms with E-state index in [0.717, 1.165) is 24.3 Å². The number of thioether (sulfide) groups is 1. The fourth-order valence-corrected chi connectivity index (χ4v) is 3.01. The monoisotopic (exact) mass is 339 g/mol. The molecule has 1 aromatic rings. The van der Waals surface area contributed by atoms with Gasteiger partial charge in [0.15, 0.2) is 0 Å². The molecule has 0 aliphatic rings. The zero-order valence-corrected chi connectivity index (χ0v) is 14.6. The molecule has 1 atom stereocenters. The van der Waals surface area contributed by atoms with E-state index in [2.05, 4.69) is 11.9 Å². The average Bonchev–Trinajstić information content (AvgIpc) is 2.58. The molecular formula is C17H25NO4S. The van der Waals surface area contributed by atoms with E-state index in [-0.39, 0.29) is 17.2 Å². The second-order valence-electron chi connectivity index (χ2n) is 5.12. The highest BCUT2D eigenvalue weighted by Gasteiger charge is 2.21. The highest BCUT2D eigenvalue weighted by molar-refractivity contribution is 8.00. The lowest BCUT2D eigenvalue weighted by Gasteiger charge is -2.13. The minimum atomic E-state index is -0.359. The third-order valence-electron chi connectivity index (χ3n) is 3.22.